The zero-order valence-electron chi connectivity index (χ0n) is 12.9. The highest BCUT2D eigenvalue weighted by molar-refractivity contribution is 7.89. The lowest BCUT2D eigenvalue weighted by molar-refractivity contribution is 0.579. The molecule has 0 amide bonds. The molecule has 23 heavy (non-hydrogen) atoms. The van der Waals surface area contributed by atoms with Gasteiger partial charge < -0.3 is 4.90 Å². The molecule has 0 aliphatic carbocycles. The van der Waals surface area contributed by atoms with Gasteiger partial charge in [-0.25, -0.2) is 21.9 Å². The molecule has 0 radical (unpaired) electrons. The number of rotatable bonds is 6. The molecule has 0 unspecified atom stereocenters. The van der Waals surface area contributed by atoms with Crippen molar-refractivity contribution in [3.8, 4) is 0 Å². The third kappa shape index (κ3) is 4.27. The van der Waals surface area contributed by atoms with Crippen LogP contribution in [0.4, 0.5) is 14.5 Å². The average Bonchev–Trinajstić information content (AvgIpc) is 2.53. The summed E-state index contributed by atoms with van der Waals surface area (Å²) in [6, 6.07) is 9.08. The van der Waals surface area contributed by atoms with Crippen molar-refractivity contribution < 1.29 is 17.2 Å². The lowest BCUT2D eigenvalue weighted by atomic mass is 10.2. The van der Waals surface area contributed by atoms with E-state index in [9.17, 15) is 17.2 Å². The monoisotopic (exact) mass is 340 g/mol. The molecule has 0 saturated heterocycles. The van der Waals surface area contributed by atoms with Crippen LogP contribution in [0.1, 0.15) is 12.5 Å². The number of sulfonamides is 1. The van der Waals surface area contributed by atoms with Crippen molar-refractivity contribution in [3.05, 3.63) is 59.7 Å². The minimum absolute atomic E-state index is 0.0401. The van der Waals surface area contributed by atoms with Gasteiger partial charge in [-0.15, -0.1) is 0 Å². The molecule has 0 spiro atoms. The first-order valence-corrected chi connectivity index (χ1v) is 8.56. The third-order valence-electron chi connectivity index (χ3n) is 3.49. The Labute approximate surface area is 134 Å². The van der Waals surface area contributed by atoms with E-state index in [0.29, 0.717) is 17.8 Å². The average molecular weight is 340 g/mol. The van der Waals surface area contributed by atoms with E-state index in [0.717, 1.165) is 12.1 Å². The number of nitrogens with zero attached hydrogens (tertiary/aromatic N) is 1. The maximum atomic E-state index is 14.0. The first-order chi connectivity index (χ1) is 10.8. The number of hydrogen-bond donors (Lipinski definition) is 1. The zero-order chi connectivity index (χ0) is 17.0. The molecule has 0 atom stereocenters. The van der Waals surface area contributed by atoms with Crippen molar-refractivity contribution in [2.75, 3.05) is 18.5 Å². The molecule has 0 heterocycles. The first kappa shape index (κ1) is 17.4. The van der Waals surface area contributed by atoms with Gasteiger partial charge in [0.15, 0.2) is 0 Å². The van der Waals surface area contributed by atoms with Gasteiger partial charge in [0.2, 0.25) is 10.0 Å². The number of nitrogens with one attached hydrogen (secondary N) is 1. The predicted molar refractivity (Wildman–Crippen MR) is 85.8 cm³/mol. The Balaban J connectivity index is 2.11. The Morgan fingerprint density at radius 1 is 1.09 bits per heavy atom. The van der Waals surface area contributed by atoms with Gasteiger partial charge >= 0.3 is 0 Å². The van der Waals surface area contributed by atoms with Crippen LogP contribution in [0.3, 0.4) is 0 Å². The molecule has 2 aromatic rings. The smallest absolute Gasteiger partial charge is 0.240 e. The summed E-state index contributed by atoms with van der Waals surface area (Å²) in [6.45, 7) is 2.52. The number of benzene rings is 2. The summed E-state index contributed by atoms with van der Waals surface area (Å²) < 4.78 is 53.4. The van der Waals surface area contributed by atoms with Crippen molar-refractivity contribution in [1.29, 1.82) is 0 Å². The van der Waals surface area contributed by atoms with Gasteiger partial charge in [0.1, 0.15) is 11.6 Å². The lowest BCUT2D eigenvalue weighted by Gasteiger charge is -2.18. The summed E-state index contributed by atoms with van der Waals surface area (Å²) in [5, 5.41) is 0. The highest BCUT2D eigenvalue weighted by atomic mass is 32.2. The van der Waals surface area contributed by atoms with Crippen LogP contribution in [0, 0.1) is 11.6 Å². The van der Waals surface area contributed by atoms with Gasteiger partial charge in [-0.05, 0) is 48.9 Å². The molecule has 2 aromatic carbocycles. The van der Waals surface area contributed by atoms with Crippen molar-refractivity contribution >= 4 is 15.7 Å². The molecule has 1 N–H and O–H groups in total. The van der Waals surface area contributed by atoms with Crippen LogP contribution in [0.2, 0.25) is 0 Å². The van der Waals surface area contributed by atoms with E-state index in [4.69, 9.17) is 0 Å². The van der Waals surface area contributed by atoms with E-state index in [1.807, 2.05) is 6.92 Å². The van der Waals surface area contributed by atoms with Crippen LogP contribution in [0.15, 0.2) is 47.4 Å². The molecule has 2 rings (SSSR count). The van der Waals surface area contributed by atoms with Gasteiger partial charge in [0, 0.05) is 20.1 Å². The minimum atomic E-state index is -3.77. The summed E-state index contributed by atoms with van der Waals surface area (Å²) in [7, 11) is -2.00. The molecular formula is C16H18F2N2O2S. The van der Waals surface area contributed by atoms with Crippen molar-refractivity contribution in [3.63, 3.8) is 0 Å². The van der Waals surface area contributed by atoms with Gasteiger partial charge in [-0.2, -0.15) is 0 Å². The second-order valence-electron chi connectivity index (χ2n) is 5.08. The van der Waals surface area contributed by atoms with Gasteiger partial charge in [-0.3, -0.25) is 0 Å². The third-order valence-corrected chi connectivity index (χ3v) is 4.91. The minimum Gasteiger partial charge on any atom is -0.373 e. The Hall–Kier alpha value is -1.99. The standard InChI is InChI=1S/C16H18F2N2O2S/c1-3-20(2)16-9-4-12(10-15(16)18)11-19-23(21,22)14-7-5-13(17)6-8-14/h4-10,19H,3,11H2,1-2H3. The van der Waals surface area contributed by atoms with Gasteiger partial charge in [0.25, 0.3) is 0 Å². The molecule has 4 nitrogen and oxygen atoms in total. The molecule has 0 saturated carbocycles. The van der Waals surface area contributed by atoms with Crippen LogP contribution in [-0.4, -0.2) is 22.0 Å². The van der Waals surface area contributed by atoms with E-state index in [2.05, 4.69) is 4.72 Å². The molecule has 124 valence electrons. The number of anilines is 1. The fraction of sp³-hybridized carbons (Fsp3) is 0.250. The Morgan fingerprint density at radius 2 is 1.74 bits per heavy atom. The Bertz CT molecular complexity index is 777. The summed E-state index contributed by atoms with van der Waals surface area (Å²) >= 11 is 0. The molecule has 7 heteroatoms. The molecule has 0 bridgehead atoms. The normalized spacial score (nSPS) is 11.5. The number of hydrogen-bond acceptors (Lipinski definition) is 3. The highest BCUT2D eigenvalue weighted by Crippen LogP contribution is 2.19. The van der Waals surface area contributed by atoms with Gasteiger partial charge in [-0.1, -0.05) is 6.07 Å². The SMILES string of the molecule is CCN(C)c1ccc(CNS(=O)(=O)c2ccc(F)cc2)cc1F. The predicted octanol–water partition coefficient (Wildman–Crippen LogP) is 2.90. The van der Waals surface area contributed by atoms with E-state index in [1.165, 1.54) is 18.2 Å². The first-order valence-electron chi connectivity index (χ1n) is 7.08. The summed E-state index contributed by atoms with van der Waals surface area (Å²) in [5.74, 6) is -0.922. The Morgan fingerprint density at radius 3 is 2.30 bits per heavy atom. The van der Waals surface area contributed by atoms with E-state index in [1.54, 1.807) is 24.1 Å². The highest BCUT2D eigenvalue weighted by Gasteiger charge is 2.14. The fourth-order valence-corrected chi connectivity index (χ4v) is 3.03. The van der Waals surface area contributed by atoms with Crippen LogP contribution in [0.25, 0.3) is 0 Å². The largest absolute Gasteiger partial charge is 0.373 e. The van der Waals surface area contributed by atoms with Crippen LogP contribution < -0.4 is 9.62 Å². The molecule has 0 aliphatic rings. The number of halogens is 2. The van der Waals surface area contributed by atoms with E-state index < -0.39 is 21.7 Å². The van der Waals surface area contributed by atoms with Gasteiger partial charge in [0.05, 0.1) is 10.6 Å². The maximum Gasteiger partial charge on any atom is 0.240 e. The van der Waals surface area contributed by atoms with Crippen LogP contribution in [-0.2, 0) is 16.6 Å². The molecule has 0 aromatic heterocycles. The van der Waals surface area contributed by atoms with Crippen molar-refractivity contribution in [2.45, 2.75) is 18.4 Å². The van der Waals surface area contributed by atoms with E-state index >= 15 is 0 Å². The summed E-state index contributed by atoms with van der Waals surface area (Å²) in [5.41, 5.74) is 0.957. The maximum absolute atomic E-state index is 14.0. The molecule has 0 aliphatic heterocycles. The van der Waals surface area contributed by atoms with Crippen molar-refractivity contribution in [2.24, 2.45) is 0 Å². The second kappa shape index (κ2) is 7.06. The second-order valence-corrected chi connectivity index (χ2v) is 6.85. The van der Waals surface area contributed by atoms with E-state index in [-0.39, 0.29) is 11.4 Å². The summed E-state index contributed by atoms with van der Waals surface area (Å²) in [4.78, 5) is 1.71. The topological polar surface area (TPSA) is 49.4 Å². The zero-order valence-corrected chi connectivity index (χ0v) is 13.7. The van der Waals surface area contributed by atoms with Crippen LogP contribution in [0.5, 0.6) is 0 Å². The lowest BCUT2D eigenvalue weighted by Crippen LogP contribution is -2.23. The molecule has 0 fully saturated rings. The molecular weight excluding hydrogens is 322 g/mol. The fourth-order valence-electron chi connectivity index (χ4n) is 2.02. The Kier molecular flexibility index (Phi) is 5.33. The van der Waals surface area contributed by atoms with Crippen molar-refractivity contribution in [1.82, 2.24) is 4.72 Å². The summed E-state index contributed by atoms with van der Waals surface area (Å²) in [6.07, 6.45) is 0. The quantitative estimate of drug-likeness (QED) is 0.880. The van der Waals surface area contributed by atoms with Crippen LogP contribution >= 0.6 is 0 Å².